The quantitative estimate of drug-likeness (QED) is 0.794. The number of carboxylic acids is 1. The fourth-order valence-corrected chi connectivity index (χ4v) is 2.84. The fraction of sp³-hybridized carbons (Fsp3) is 0.462. The second kappa shape index (κ2) is 6.68. The Labute approximate surface area is 113 Å². The van der Waals surface area contributed by atoms with E-state index in [-0.39, 0.29) is 18.2 Å². The maximum absolute atomic E-state index is 11.8. The molecule has 1 aromatic rings. The van der Waals surface area contributed by atoms with Crippen molar-refractivity contribution in [2.75, 3.05) is 6.54 Å². The van der Waals surface area contributed by atoms with E-state index in [2.05, 4.69) is 4.72 Å². The van der Waals surface area contributed by atoms with Crippen molar-refractivity contribution in [1.29, 1.82) is 0 Å². The highest BCUT2D eigenvalue weighted by atomic mass is 32.2. The summed E-state index contributed by atoms with van der Waals surface area (Å²) in [5.41, 5.74) is 0.673. The van der Waals surface area contributed by atoms with Crippen molar-refractivity contribution < 1.29 is 18.3 Å². The number of rotatable bonds is 7. The number of benzene rings is 1. The Bertz CT molecular complexity index is 511. The van der Waals surface area contributed by atoms with Gasteiger partial charge in [-0.25, -0.2) is 13.1 Å². The molecule has 1 unspecified atom stereocenters. The molecule has 0 saturated carbocycles. The minimum Gasteiger partial charge on any atom is -0.481 e. The number of aliphatic carboxylic acids is 1. The highest BCUT2D eigenvalue weighted by molar-refractivity contribution is 7.88. The molecule has 0 fully saturated rings. The first kappa shape index (κ1) is 15.7. The molecule has 0 saturated heterocycles. The lowest BCUT2D eigenvalue weighted by Crippen LogP contribution is -2.36. The van der Waals surface area contributed by atoms with Gasteiger partial charge in [-0.2, -0.15) is 0 Å². The summed E-state index contributed by atoms with van der Waals surface area (Å²) in [7, 11) is -3.51. The van der Waals surface area contributed by atoms with E-state index in [9.17, 15) is 13.2 Å². The highest BCUT2D eigenvalue weighted by Crippen LogP contribution is 2.11. The lowest BCUT2D eigenvalue weighted by Gasteiger charge is -2.16. The summed E-state index contributed by atoms with van der Waals surface area (Å²) in [5, 5.41) is 9.00. The van der Waals surface area contributed by atoms with Gasteiger partial charge in [-0.15, -0.1) is 0 Å². The Morgan fingerprint density at radius 2 is 1.84 bits per heavy atom. The summed E-state index contributed by atoms with van der Waals surface area (Å²) >= 11 is 0. The van der Waals surface area contributed by atoms with Crippen LogP contribution in [0.2, 0.25) is 0 Å². The van der Waals surface area contributed by atoms with E-state index in [0.29, 0.717) is 5.56 Å². The first-order valence-electron chi connectivity index (χ1n) is 6.06. The highest BCUT2D eigenvalue weighted by Gasteiger charge is 2.23. The van der Waals surface area contributed by atoms with Gasteiger partial charge in [0.2, 0.25) is 10.0 Å². The number of sulfonamides is 1. The summed E-state index contributed by atoms with van der Waals surface area (Å²) in [4.78, 5) is 11.0. The van der Waals surface area contributed by atoms with Crippen LogP contribution in [0.25, 0.3) is 0 Å². The smallest absolute Gasteiger partial charge is 0.308 e. The van der Waals surface area contributed by atoms with Gasteiger partial charge in [0.05, 0.1) is 11.7 Å². The Morgan fingerprint density at radius 3 is 2.32 bits per heavy atom. The van der Waals surface area contributed by atoms with Gasteiger partial charge in [0, 0.05) is 6.54 Å². The average Bonchev–Trinajstić information content (AvgIpc) is 2.28. The van der Waals surface area contributed by atoms with Gasteiger partial charge >= 0.3 is 5.97 Å². The predicted octanol–water partition coefficient (Wildman–Crippen LogP) is 1.46. The van der Waals surface area contributed by atoms with Gasteiger partial charge in [0.1, 0.15) is 0 Å². The molecule has 0 radical (unpaired) electrons. The molecular weight excluding hydrogens is 266 g/mol. The standard InChI is InChI=1S/C13H19NO4S/c1-10(2)12(13(15)16)8-14-19(17,18)9-11-6-4-3-5-7-11/h3-7,10,12,14H,8-9H2,1-2H3,(H,15,16). The van der Waals surface area contributed by atoms with Crippen molar-refractivity contribution in [2.24, 2.45) is 11.8 Å². The second-order valence-electron chi connectivity index (χ2n) is 4.78. The molecule has 1 aromatic carbocycles. The van der Waals surface area contributed by atoms with Crippen molar-refractivity contribution in [3.63, 3.8) is 0 Å². The van der Waals surface area contributed by atoms with Gasteiger partial charge in [-0.3, -0.25) is 4.79 Å². The normalized spacial score (nSPS) is 13.4. The first-order chi connectivity index (χ1) is 8.82. The van der Waals surface area contributed by atoms with Crippen LogP contribution in [-0.4, -0.2) is 26.0 Å². The second-order valence-corrected chi connectivity index (χ2v) is 6.59. The third-order valence-corrected chi connectivity index (χ3v) is 4.16. The molecule has 0 aromatic heterocycles. The van der Waals surface area contributed by atoms with Gasteiger partial charge in [-0.1, -0.05) is 44.2 Å². The van der Waals surface area contributed by atoms with Crippen molar-refractivity contribution >= 4 is 16.0 Å². The minimum absolute atomic E-state index is 0.0812. The van der Waals surface area contributed by atoms with E-state index < -0.39 is 21.9 Å². The molecule has 0 aliphatic heterocycles. The van der Waals surface area contributed by atoms with Crippen LogP contribution in [0.4, 0.5) is 0 Å². The molecule has 0 aliphatic rings. The van der Waals surface area contributed by atoms with Crippen LogP contribution < -0.4 is 4.72 Å². The molecular formula is C13H19NO4S. The molecule has 19 heavy (non-hydrogen) atoms. The van der Waals surface area contributed by atoms with Gasteiger partial charge in [-0.05, 0) is 11.5 Å². The number of carbonyl (C=O) groups is 1. The predicted molar refractivity (Wildman–Crippen MR) is 73.0 cm³/mol. The lowest BCUT2D eigenvalue weighted by atomic mass is 9.97. The van der Waals surface area contributed by atoms with Crippen LogP contribution in [0.1, 0.15) is 19.4 Å². The van der Waals surface area contributed by atoms with Crippen molar-refractivity contribution in [3.8, 4) is 0 Å². The topological polar surface area (TPSA) is 83.5 Å². The van der Waals surface area contributed by atoms with E-state index in [1.807, 2.05) is 6.07 Å². The zero-order valence-electron chi connectivity index (χ0n) is 11.0. The van der Waals surface area contributed by atoms with Gasteiger partial charge in [0.15, 0.2) is 0 Å². The maximum Gasteiger partial charge on any atom is 0.308 e. The molecule has 106 valence electrons. The SMILES string of the molecule is CC(C)C(CNS(=O)(=O)Cc1ccccc1)C(=O)O. The monoisotopic (exact) mass is 285 g/mol. The molecule has 0 heterocycles. The number of hydrogen-bond acceptors (Lipinski definition) is 3. The van der Waals surface area contributed by atoms with E-state index in [1.165, 1.54) is 0 Å². The lowest BCUT2D eigenvalue weighted by molar-refractivity contribution is -0.142. The van der Waals surface area contributed by atoms with E-state index in [1.54, 1.807) is 38.1 Å². The average molecular weight is 285 g/mol. The largest absolute Gasteiger partial charge is 0.481 e. The summed E-state index contributed by atoms with van der Waals surface area (Å²) < 4.78 is 26.1. The number of carboxylic acid groups (broad SMARTS) is 1. The van der Waals surface area contributed by atoms with Crippen LogP contribution in [0.15, 0.2) is 30.3 Å². The summed E-state index contributed by atoms with van der Waals surface area (Å²) in [6.07, 6.45) is 0. The number of nitrogens with one attached hydrogen (secondary N) is 1. The molecule has 5 nitrogen and oxygen atoms in total. The molecule has 0 bridgehead atoms. The van der Waals surface area contributed by atoms with E-state index in [0.717, 1.165) is 0 Å². The summed E-state index contributed by atoms with van der Waals surface area (Å²) in [5.74, 6) is -1.97. The molecule has 0 aliphatic carbocycles. The Kier molecular flexibility index (Phi) is 5.50. The number of hydrogen-bond donors (Lipinski definition) is 2. The van der Waals surface area contributed by atoms with Crippen LogP contribution in [-0.2, 0) is 20.6 Å². The molecule has 2 N–H and O–H groups in total. The van der Waals surface area contributed by atoms with Crippen LogP contribution in [0.3, 0.4) is 0 Å². The molecule has 0 amide bonds. The van der Waals surface area contributed by atoms with Crippen LogP contribution >= 0.6 is 0 Å². The molecule has 1 atom stereocenters. The summed E-state index contributed by atoms with van der Waals surface area (Å²) in [6.45, 7) is 3.43. The van der Waals surface area contributed by atoms with Crippen LogP contribution in [0, 0.1) is 11.8 Å². The van der Waals surface area contributed by atoms with Crippen molar-refractivity contribution in [1.82, 2.24) is 4.72 Å². The van der Waals surface area contributed by atoms with E-state index >= 15 is 0 Å². The Balaban J connectivity index is 2.63. The van der Waals surface area contributed by atoms with Crippen molar-refractivity contribution in [3.05, 3.63) is 35.9 Å². The third-order valence-electron chi connectivity index (χ3n) is 2.84. The molecule has 0 spiro atoms. The third kappa shape index (κ3) is 5.40. The summed E-state index contributed by atoms with van der Waals surface area (Å²) in [6, 6.07) is 8.77. The Morgan fingerprint density at radius 1 is 1.26 bits per heavy atom. The first-order valence-corrected chi connectivity index (χ1v) is 7.71. The minimum atomic E-state index is -3.51. The Hall–Kier alpha value is -1.40. The zero-order chi connectivity index (χ0) is 14.5. The van der Waals surface area contributed by atoms with Gasteiger partial charge in [0.25, 0.3) is 0 Å². The molecule has 1 rings (SSSR count). The van der Waals surface area contributed by atoms with Crippen LogP contribution in [0.5, 0.6) is 0 Å². The maximum atomic E-state index is 11.8. The van der Waals surface area contributed by atoms with E-state index in [4.69, 9.17) is 5.11 Å². The van der Waals surface area contributed by atoms with Gasteiger partial charge < -0.3 is 5.11 Å². The zero-order valence-corrected chi connectivity index (χ0v) is 11.9. The van der Waals surface area contributed by atoms with Crippen molar-refractivity contribution in [2.45, 2.75) is 19.6 Å². The fourth-order valence-electron chi connectivity index (χ4n) is 1.67. The molecule has 6 heteroatoms.